The summed E-state index contributed by atoms with van der Waals surface area (Å²) in [6.45, 7) is 4.11. The minimum Gasteiger partial charge on any atom is -0.438 e. The van der Waals surface area contributed by atoms with Crippen LogP contribution in [0, 0.1) is 0 Å². The quantitative estimate of drug-likeness (QED) is 0.532. The number of rotatable bonds is 5. The normalized spacial score (nSPS) is 14.9. The van der Waals surface area contributed by atoms with Crippen molar-refractivity contribution in [3.05, 3.63) is 88.5 Å². The molecule has 0 bridgehead atoms. The van der Waals surface area contributed by atoms with E-state index in [1.165, 1.54) is 5.56 Å². The second kappa shape index (κ2) is 9.87. The first-order chi connectivity index (χ1) is 14.7. The summed E-state index contributed by atoms with van der Waals surface area (Å²) in [5.74, 6) is 0.989. The average molecular weight is 466 g/mol. The van der Waals surface area contributed by atoms with Crippen LogP contribution >= 0.6 is 15.9 Å². The van der Waals surface area contributed by atoms with Crippen molar-refractivity contribution in [1.82, 2.24) is 14.8 Å². The second-order valence-corrected chi connectivity index (χ2v) is 8.24. The molecule has 1 aliphatic heterocycles. The van der Waals surface area contributed by atoms with Crippen molar-refractivity contribution in [3.63, 3.8) is 0 Å². The van der Waals surface area contributed by atoms with Crippen LogP contribution in [0.25, 0.3) is 0 Å². The molecule has 0 saturated carbocycles. The first-order valence-electron chi connectivity index (χ1n) is 10.1. The number of para-hydroxylation sites is 1. The molecule has 3 aromatic rings. The zero-order valence-electron chi connectivity index (χ0n) is 16.7. The molecule has 1 aromatic heterocycles. The lowest BCUT2D eigenvalue weighted by Crippen LogP contribution is -2.35. The summed E-state index contributed by atoms with van der Waals surface area (Å²) in [5.41, 5.74) is 1.77. The van der Waals surface area contributed by atoms with Gasteiger partial charge in [0.05, 0.1) is 0 Å². The highest BCUT2D eigenvalue weighted by Gasteiger charge is 2.23. The number of hydrogen-bond acceptors (Lipinski definition) is 4. The highest BCUT2D eigenvalue weighted by Crippen LogP contribution is 2.24. The Labute approximate surface area is 185 Å². The number of carbonyl (C=O) groups excluding carboxylic acids is 1. The van der Waals surface area contributed by atoms with E-state index in [2.05, 4.69) is 44.0 Å². The van der Waals surface area contributed by atoms with Gasteiger partial charge in [-0.05, 0) is 48.4 Å². The van der Waals surface area contributed by atoms with Gasteiger partial charge in [-0.2, -0.15) is 0 Å². The fraction of sp³-hybridized carbons (Fsp3) is 0.250. The van der Waals surface area contributed by atoms with Gasteiger partial charge in [-0.25, -0.2) is 4.98 Å². The van der Waals surface area contributed by atoms with Crippen molar-refractivity contribution in [3.8, 4) is 11.6 Å². The highest BCUT2D eigenvalue weighted by molar-refractivity contribution is 9.10. The van der Waals surface area contributed by atoms with Gasteiger partial charge in [0.2, 0.25) is 5.88 Å². The lowest BCUT2D eigenvalue weighted by molar-refractivity contribution is 0.0757. The first-order valence-corrected chi connectivity index (χ1v) is 10.9. The highest BCUT2D eigenvalue weighted by atomic mass is 79.9. The minimum absolute atomic E-state index is 0.0293. The van der Waals surface area contributed by atoms with Gasteiger partial charge in [-0.1, -0.05) is 46.3 Å². The molecule has 0 aliphatic carbocycles. The van der Waals surface area contributed by atoms with Crippen molar-refractivity contribution >= 4 is 21.8 Å². The standard InChI is InChI=1S/C24H24BrN3O2/c25-20-8-4-7-19(17-20)18-27-13-6-14-28(16-15-27)24(29)22-11-5-12-26-23(22)30-21-9-2-1-3-10-21/h1-5,7-12,17H,6,13-16,18H2. The van der Waals surface area contributed by atoms with Crippen molar-refractivity contribution in [2.75, 3.05) is 26.2 Å². The molecule has 1 amide bonds. The van der Waals surface area contributed by atoms with Crippen LogP contribution in [0.2, 0.25) is 0 Å². The first kappa shape index (κ1) is 20.6. The van der Waals surface area contributed by atoms with E-state index in [-0.39, 0.29) is 5.91 Å². The molecule has 4 rings (SSSR count). The third-order valence-electron chi connectivity index (χ3n) is 5.13. The Kier molecular flexibility index (Phi) is 6.77. The average Bonchev–Trinajstić information content (AvgIpc) is 3.00. The number of hydrogen-bond donors (Lipinski definition) is 0. The van der Waals surface area contributed by atoms with Gasteiger partial charge in [-0.3, -0.25) is 9.69 Å². The Morgan fingerprint density at radius 2 is 1.83 bits per heavy atom. The lowest BCUT2D eigenvalue weighted by Gasteiger charge is -2.22. The fourth-order valence-electron chi connectivity index (χ4n) is 3.63. The molecule has 1 saturated heterocycles. The molecule has 0 spiro atoms. The number of aromatic nitrogens is 1. The van der Waals surface area contributed by atoms with Gasteiger partial charge in [0.1, 0.15) is 11.3 Å². The maximum atomic E-state index is 13.3. The van der Waals surface area contributed by atoms with Gasteiger partial charge in [0, 0.05) is 43.4 Å². The summed E-state index contributed by atoms with van der Waals surface area (Å²) in [5, 5.41) is 0. The van der Waals surface area contributed by atoms with Crippen molar-refractivity contribution < 1.29 is 9.53 Å². The Hall–Kier alpha value is -2.70. The Morgan fingerprint density at radius 1 is 0.967 bits per heavy atom. The topological polar surface area (TPSA) is 45.7 Å². The van der Waals surface area contributed by atoms with E-state index in [0.29, 0.717) is 23.7 Å². The van der Waals surface area contributed by atoms with Gasteiger partial charge in [0.25, 0.3) is 5.91 Å². The number of benzene rings is 2. The molecule has 0 unspecified atom stereocenters. The molecule has 30 heavy (non-hydrogen) atoms. The van der Waals surface area contributed by atoms with E-state index in [4.69, 9.17) is 4.74 Å². The zero-order valence-corrected chi connectivity index (χ0v) is 18.3. The van der Waals surface area contributed by atoms with Gasteiger partial charge >= 0.3 is 0 Å². The fourth-order valence-corrected chi connectivity index (χ4v) is 4.08. The lowest BCUT2D eigenvalue weighted by atomic mass is 10.2. The van der Waals surface area contributed by atoms with Crippen LogP contribution < -0.4 is 4.74 Å². The smallest absolute Gasteiger partial charge is 0.259 e. The number of halogens is 1. The SMILES string of the molecule is O=C(c1cccnc1Oc1ccccc1)N1CCCN(Cc2cccc(Br)c2)CC1. The molecule has 0 N–H and O–H groups in total. The number of pyridine rings is 1. The summed E-state index contributed by atoms with van der Waals surface area (Å²) in [6.07, 6.45) is 2.59. The number of nitrogens with zero attached hydrogens (tertiary/aromatic N) is 3. The predicted molar refractivity (Wildman–Crippen MR) is 121 cm³/mol. The molecule has 154 valence electrons. The van der Waals surface area contributed by atoms with E-state index in [0.717, 1.165) is 37.1 Å². The van der Waals surface area contributed by atoms with Crippen molar-refractivity contribution in [1.29, 1.82) is 0 Å². The van der Waals surface area contributed by atoms with E-state index in [1.54, 1.807) is 18.3 Å². The summed E-state index contributed by atoms with van der Waals surface area (Å²) in [6, 6.07) is 21.4. The molecule has 2 heterocycles. The minimum atomic E-state index is -0.0293. The maximum absolute atomic E-state index is 13.3. The molecule has 2 aromatic carbocycles. The Bertz CT molecular complexity index is 997. The largest absolute Gasteiger partial charge is 0.438 e. The molecular weight excluding hydrogens is 442 g/mol. The zero-order chi connectivity index (χ0) is 20.8. The van der Waals surface area contributed by atoms with E-state index < -0.39 is 0 Å². The second-order valence-electron chi connectivity index (χ2n) is 7.32. The summed E-state index contributed by atoms with van der Waals surface area (Å²) in [7, 11) is 0. The van der Waals surface area contributed by atoms with Crippen LogP contribution in [0.5, 0.6) is 11.6 Å². The maximum Gasteiger partial charge on any atom is 0.259 e. The van der Waals surface area contributed by atoms with Crippen LogP contribution in [0.15, 0.2) is 77.4 Å². The number of ether oxygens (including phenoxy) is 1. The number of amides is 1. The Balaban J connectivity index is 1.43. The summed E-state index contributed by atoms with van der Waals surface area (Å²) < 4.78 is 6.98. The Morgan fingerprint density at radius 3 is 2.67 bits per heavy atom. The number of carbonyl (C=O) groups is 1. The molecule has 0 radical (unpaired) electrons. The van der Waals surface area contributed by atoms with Crippen LogP contribution in [0.3, 0.4) is 0 Å². The summed E-state index contributed by atoms with van der Waals surface area (Å²) >= 11 is 3.54. The van der Waals surface area contributed by atoms with E-state index in [1.807, 2.05) is 41.3 Å². The molecule has 0 atom stereocenters. The molecule has 5 nitrogen and oxygen atoms in total. The van der Waals surface area contributed by atoms with Gasteiger partial charge < -0.3 is 9.64 Å². The van der Waals surface area contributed by atoms with E-state index >= 15 is 0 Å². The van der Waals surface area contributed by atoms with Gasteiger partial charge in [-0.15, -0.1) is 0 Å². The van der Waals surface area contributed by atoms with Crippen molar-refractivity contribution in [2.45, 2.75) is 13.0 Å². The molecule has 6 heteroatoms. The molecule has 1 fully saturated rings. The monoisotopic (exact) mass is 465 g/mol. The molecular formula is C24H24BrN3O2. The van der Waals surface area contributed by atoms with E-state index in [9.17, 15) is 4.79 Å². The molecule has 1 aliphatic rings. The predicted octanol–water partition coefficient (Wildman–Crippen LogP) is 4.98. The van der Waals surface area contributed by atoms with Crippen LogP contribution in [-0.2, 0) is 6.54 Å². The summed E-state index contributed by atoms with van der Waals surface area (Å²) in [4.78, 5) is 21.9. The third kappa shape index (κ3) is 5.26. The van der Waals surface area contributed by atoms with Crippen molar-refractivity contribution in [2.24, 2.45) is 0 Å². The van der Waals surface area contributed by atoms with Gasteiger partial charge in [0.15, 0.2) is 0 Å². The van der Waals surface area contributed by atoms with Crippen LogP contribution in [0.4, 0.5) is 0 Å². The van der Waals surface area contributed by atoms with Crippen LogP contribution in [-0.4, -0.2) is 46.9 Å². The third-order valence-corrected chi connectivity index (χ3v) is 5.62. The van der Waals surface area contributed by atoms with Crippen LogP contribution in [0.1, 0.15) is 22.3 Å².